The Bertz CT molecular complexity index is 1120. The fourth-order valence-electron chi connectivity index (χ4n) is 4.12. The Hall–Kier alpha value is -3.27. The molecule has 0 saturated carbocycles. The monoisotopic (exact) mass is 515 g/mol. The minimum atomic E-state index is -1.02. The van der Waals surface area contributed by atoms with Crippen molar-refractivity contribution in [1.82, 2.24) is 10.2 Å². The van der Waals surface area contributed by atoms with Crippen LogP contribution >= 0.6 is 0 Å². The number of piperidine rings is 1. The van der Waals surface area contributed by atoms with E-state index in [2.05, 4.69) is 10.6 Å². The zero-order valence-electron chi connectivity index (χ0n) is 22.6. The zero-order valence-corrected chi connectivity index (χ0v) is 22.6. The average Bonchev–Trinajstić information content (AvgIpc) is 3.02. The quantitative estimate of drug-likeness (QED) is 0.379. The van der Waals surface area contributed by atoms with Gasteiger partial charge in [0.15, 0.2) is 0 Å². The number of ether oxygens (including phenoxy) is 2. The zero-order chi connectivity index (χ0) is 27.8. The molecule has 10 nitrogen and oxygen atoms in total. The fourth-order valence-corrected chi connectivity index (χ4v) is 4.12. The standard InChI is InChI=1S/C27H37N3O7/c1-25(2,3)37-24(35)26(4,5)13-14-36-27(6,7)15-28-17-10-8-9-16-20(17)23(34)30(22(16)33)18-11-12-19(31)29-21(18)32/h8-10,18,28H,11-15H2,1-7H3,(H,29,31,32). The molecule has 4 amide bonds. The molecule has 1 atom stereocenters. The van der Waals surface area contributed by atoms with Gasteiger partial charge in [0.2, 0.25) is 11.8 Å². The van der Waals surface area contributed by atoms with Gasteiger partial charge in [-0.3, -0.25) is 34.2 Å². The van der Waals surface area contributed by atoms with Gasteiger partial charge < -0.3 is 14.8 Å². The van der Waals surface area contributed by atoms with Crippen LogP contribution < -0.4 is 10.6 Å². The van der Waals surface area contributed by atoms with Gasteiger partial charge in [0.05, 0.1) is 22.1 Å². The fraction of sp³-hybridized carbons (Fsp3) is 0.593. The van der Waals surface area contributed by atoms with Crippen LogP contribution in [-0.4, -0.2) is 64.9 Å². The normalized spacial score (nSPS) is 18.6. The molecule has 0 spiro atoms. The van der Waals surface area contributed by atoms with Crippen molar-refractivity contribution in [2.24, 2.45) is 5.41 Å². The third-order valence-corrected chi connectivity index (χ3v) is 6.34. The third-order valence-electron chi connectivity index (χ3n) is 6.34. The number of fused-ring (bicyclic) bond motifs is 1. The average molecular weight is 516 g/mol. The first-order valence-corrected chi connectivity index (χ1v) is 12.5. The molecule has 2 heterocycles. The summed E-state index contributed by atoms with van der Waals surface area (Å²) in [5, 5.41) is 5.41. The summed E-state index contributed by atoms with van der Waals surface area (Å²) in [4.78, 5) is 63.5. The lowest BCUT2D eigenvalue weighted by molar-refractivity contribution is -0.167. The number of hydrogen-bond donors (Lipinski definition) is 2. The van der Waals surface area contributed by atoms with Gasteiger partial charge in [0.25, 0.3) is 11.8 Å². The lowest BCUT2D eigenvalue weighted by Crippen LogP contribution is -2.54. The molecule has 202 valence electrons. The SMILES string of the molecule is CC(C)(C)OC(=O)C(C)(C)CCOC(C)(C)CNc1cccc2c1C(=O)N(C1CCC(=O)NC1=O)C2=O. The van der Waals surface area contributed by atoms with Gasteiger partial charge in [-0.1, -0.05) is 6.07 Å². The van der Waals surface area contributed by atoms with Crippen LogP contribution in [0.4, 0.5) is 5.69 Å². The van der Waals surface area contributed by atoms with E-state index in [1.165, 1.54) is 0 Å². The summed E-state index contributed by atoms with van der Waals surface area (Å²) in [6.07, 6.45) is 0.616. The Labute approximate surface area is 217 Å². The number of anilines is 1. The molecule has 3 rings (SSSR count). The number of amides is 4. The van der Waals surface area contributed by atoms with E-state index < -0.39 is 46.3 Å². The van der Waals surface area contributed by atoms with Crippen molar-refractivity contribution in [1.29, 1.82) is 0 Å². The molecule has 37 heavy (non-hydrogen) atoms. The van der Waals surface area contributed by atoms with Crippen LogP contribution in [0.25, 0.3) is 0 Å². The summed E-state index contributed by atoms with van der Waals surface area (Å²) < 4.78 is 11.6. The summed E-state index contributed by atoms with van der Waals surface area (Å²) in [6, 6.07) is 3.88. The van der Waals surface area contributed by atoms with Crippen molar-refractivity contribution < 1.29 is 33.4 Å². The Kier molecular flexibility index (Phi) is 7.83. The van der Waals surface area contributed by atoms with Gasteiger partial charge in [-0.05, 0) is 73.4 Å². The van der Waals surface area contributed by atoms with Crippen LogP contribution in [0.5, 0.6) is 0 Å². The summed E-state index contributed by atoms with van der Waals surface area (Å²) in [5.74, 6) is -2.49. The van der Waals surface area contributed by atoms with Crippen molar-refractivity contribution in [2.75, 3.05) is 18.5 Å². The molecule has 10 heteroatoms. The number of imide groups is 2. The maximum atomic E-state index is 13.2. The molecule has 1 saturated heterocycles. The molecule has 2 N–H and O–H groups in total. The first-order valence-electron chi connectivity index (χ1n) is 12.5. The number of nitrogens with zero attached hydrogens (tertiary/aromatic N) is 1. The van der Waals surface area contributed by atoms with E-state index in [0.717, 1.165) is 4.90 Å². The number of esters is 1. The predicted molar refractivity (Wildman–Crippen MR) is 136 cm³/mol. The van der Waals surface area contributed by atoms with E-state index in [-0.39, 0.29) is 29.9 Å². The maximum Gasteiger partial charge on any atom is 0.312 e. The maximum absolute atomic E-state index is 13.2. The molecule has 0 radical (unpaired) electrons. The number of carbonyl (C=O) groups excluding carboxylic acids is 5. The predicted octanol–water partition coefficient (Wildman–Crippen LogP) is 3.05. The molecule has 2 aliphatic heterocycles. The molecule has 1 aromatic carbocycles. The molecule has 0 aliphatic carbocycles. The Morgan fingerprint density at radius 3 is 2.35 bits per heavy atom. The molecule has 1 aromatic rings. The molecule has 0 bridgehead atoms. The van der Waals surface area contributed by atoms with E-state index >= 15 is 0 Å². The van der Waals surface area contributed by atoms with Crippen LogP contribution in [0.1, 0.15) is 88.4 Å². The highest BCUT2D eigenvalue weighted by Gasteiger charge is 2.45. The molecular formula is C27H37N3O7. The Balaban J connectivity index is 1.64. The van der Waals surface area contributed by atoms with Crippen LogP contribution in [0.15, 0.2) is 18.2 Å². The summed E-state index contributed by atoms with van der Waals surface area (Å²) in [6.45, 7) is 13.5. The number of benzene rings is 1. The molecular weight excluding hydrogens is 478 g/mol. The first kappa shape index (κ1) is 28.3. The number of carbonyl (C=O) groups is 5. The largest absolute Gasteiger partial charge is 0.460 e. The lowest BCUT2D eigenvalue weighted by Gasteiger charge is -2.31. The van der Waals surface area contributed by atoms with Gasteiger partial charge in [-0.2, -0.15) is 0 Å². The second kappa shape index (κ2) is 10.2. The van der Waals surface area contributed by atoms with E-state index in [1.807, 2.05) is 48.5 Å². The van der Waals surface area contributed by atoms with Crippen molar-refractivity contribution >= 4 is 35.3 Å². The number of hydrogen-bond acceptors (Lipinski definition) is 8. The Morgan fingerprint density at radius 2 is 1.73 bits per heavy atom. The smallest absolute Gasteiger partial charge is 0.312 e. The van der Waals surface area contributed by atoms with Crippen molar-refractivity contribution in [3.8, 4) is 0 Å². The summed E-state index contributed by atoms with van der Waals surface area (Å²) in [5.41, 5.74) is -1.10. The number of rotatable bonds is 9. The van der Waals surface area contributed by atoms with E-state index in [0.29, 0.717) is 25.3 Å². The minimum Gasteiger partial charge on any atom is -0.460 e. The van der Waals surface area contributed by atoms with E-state index in [1.54, 1.807) is 18.2 Å². The first-order chi connectivity index (χ1) is 17.0. The Morgan fingerprint density at radius 1 is 1.05 bits per heavy atom. The van der Waals surface area contributed by atoms with E-state index in [4.69, 9.17) is 9.47 Å². The van der Waals surface area contributed by atoms with Crippen LogP contribution in [0.2, 0.25) is 0 Å². The molecule has 0 aromatic heterocycles. The van der Waals surface area contributed by atoms with Crippen molar-refractivity contribution in [2.45, 2.75) is 85.0 Å². The van der Waals surface area contributed by atoms with Crippen LogP contribution in [0.3, 0.4) is 0 Å². The van der Waals surface area contributed by atoms with Gasteiger partial charge in [0.1, 0.15) is 11.6 Å². The van der Waals surface area contributed by atoms with Gasteiger partial charge in [-0.25, -0.2) is 0 Å². The second-order valence-corrected chi connectivity index (χ2v) is 11.8. The second-order valence-electron chi connectivity index (χ2n) is 11.8. The highest BCUT2D eigenvalue weighted by molar-refractivity contribution is 6.25. The van der Waals surface area contributed by atoms with Gasteiger partial charge in [0, 0.05) is 25.3 Å². The highest BCUT2D eigenvalue weighted by Crippen LogP contribution is 2.33. The van der Waals surface area contributed by atoms with Crippen LogP contribution in [-0.2, 0) is 23.9 Å². The lowest BCUT2D eigenvalue weighted by atomic mass is 9.89. The summed E-state index contributed by atoms with van der Waals surface area (Å²) >= 11 is 0. The molecule has 1 fully saturated rings. The molecule has 1 unspecified atom stereocenters. The van der Waals surface area contributed by atoms with Gasteiger partial charge >= 0.3 is 5.97 Å². The number of nitrogens with one attached hydrogen (secondary N) is 2. The third kappa shape index (κ3) is 6.54. The topological polar surface area (TPSA) is 131 Å². The minimum absolute atomic E-state index is 0.0607. The van der Waals surface area contributed by atoms with Gasteiger partial charge in [-0.15, -0.1) is 0 Å². The highest BCUT2D eigenvalue weighted by atomic mass is 16.6. The van der Waals surface area contributed by atoms with Crippen LogP contribution in [0, 0.1) is 5.41 Å². The van der Waals surface area contributed by atoms with E-state index in [9.17, 15) is 24.0 Å². The van der Waals surface area contributed by atoms with Crippen molar-refractivity contribution in [3.05, 3.63) is 29.3 Å². The summed E-state index contributed by atoms with van der Waals surface area (Å²) in [7, 11) is 0. The van der Waals surface area contributed by atoms with Crippen molar-refractivity contribution in [3.63, 3.8) is 0 Å². The molecule has 2 aliphatic rings.